The number of hydrogen-bond acceptors (Lipinski definition) is 5. The Bertz CT molecular complexity index is 1160. The maximum Gasteiger partial charge on any atom is 0.437 e. The number of carbonyl (C=O) groups excluding carboxylic acids is 1. The lowest BCUT2D eigenvalue weighted by Crippen LogP contribution is -2.16. The smallest absolute Gasteiger partial charge is 0.298 e. The topological polar surface area (TPSA) is 96.9 Å². The Morgan fingerprint density at radius 3 is 2.23 bits per heavy atom. The number of aryl methyl sites for hydroxylation is 1. The lowest BCUT2D eigenvalue weighted by atomic mass is 10.1. The van der Waals surface area contributed by atoms with Gasteiger partial charge in [-0.15, -0.1) is 0 Å². The minimum absolute atomic E-state index is 0.149. The maximum atomic E-state index is 12.7. The van der Waals surface area contributed by atoms with Crippen LogP contribution >= 0.6 is 0 Å². The summed E-state index contributed by atoms with van der Waals surface area (Å²) in [5.74, 6) is 0. The summed E-state index contributed by atoms with van der Waals surface area (Å²) in [7, 11) is -3.78. The van der Waals surface area contributed by atoms with Crippen LogP contribution in [0.1, 0.15) is 18.1 Å². The van der Waals surface area contributed by atoms with Crippen molar-refractivity contribution in [2.75, 3.05) is 10.0 Å². The Kier molecular flexibility index (Phi) is 6.48. The molecule has 0 aliphatic heterocycles. The van der Waals surface area contributed by atoms with Crippen LogP contribution in [0.3, 0.4) is 0 Å². The van der Waals surface area contributed by atoms with Crippen molar-refractivity contribution in [3.63, 3.8) is 0 Å². The summed E-state index contributed by atoms with van der Waals surface area (Å²) in [6.07, 6.45) is -0.752. The zero-order valence-corrected chi connectivity index (χ0v) is 17.3. The minimum Gasteiger partial charge on any atom is -0.298 e. The summed E-state index contributed by atoms with van der Waals surface area (Å²) in [6.45, 7) is 3.50. The van der Waals surface area contributed by atoms with Gasteiger partial charge in [-0.25, -0.2) is 13.2 Å². The SMILES string of the molecule is C/C(=N\OC(=O)Nc1ccccc1)c1ccccc1NS(=O)(=O)c1ccc(C)cc1. The number of amides is 1. The van der Waals surface area contributed by atoms with Crippen molar-refractivity contribution in [1.82, 2.24) is 0 Å². The van der Waals surface area contributed by atoms with Gasteiger partial charge in [-0.3, -0.25) is 14.9 Å². The number of nitrogens with zero attached hydrogens (tertiary/aromatic N) is 1. The van der Waals surface area contributed by atoms with Crippen molar-refractivity contribution >= 4 is 33.2 Å². The van der Waals surface area contributed by atoms with Crippen LogP contribution in [0.5, 0.6) is 0 Å². The van der Waals surface area contributed by atoms with E-state index in [1.165, 1.54) is 12.1 Å². The molecule has 0 saturated carbocycles. The Morgan fingerprint density at radius 1 is 0.900 bits per heavy atom. The average Bonchev–Trinajstić information content (AvgIpc) is 2.73. The number of oxime groups is 1. The maximum absolute atomic E-state index is 12.7. The van der Waals surface area contributed by atoms with Gasteiger partial charge in [-0.1, -0.05) is 59.3 Å². The van der Waals surface area contributed by atoms with E-state index in [0.29, 0.717) is 22.6 Å². The highest BCUT2D eigenvalue weighted by Gasteiger charge is 2.17. The average molecular weight is 423 g/mol. The number of sulfonamides is 1. The lowest BCUT2D eigenvalue weighted by Gasteiger charge is -2.12. The van der Waals surface area contributed by atoms with Gasteiger partial charge in [0.1, 0.15) is 0 Å². The van der Waals surface area contributed by atoms with E-state index < -0.39 is 16.1 Å². The van der Waals surface area contributed by atoms with E-state index in [9.17, 15) is 13.2 Å². The second-order valence-electron chi connectivity index (χ2n) is 6.51. The summed E-state index contributed by atoms with van der Waals surface area (Å²) in [5.41, 5.74) is 2.68. The van der Waals surface area contributed by atoms with E-state index in [2.05, 4.69) is 15.2 Å². The van der Waals surface area contributed by atoms with E-state index >= 15 is 0 Å². The van der Waals surface area contributed by atoms with Crippen LogP contribution in [0.25, 0.3) is 0 Å². The highest BCUT2D eigenvalue weighted by Crippen LogP contribution is 2.21. The van der Waals surface area contributed by atoms with Crippen molar-refractivity contribution in [2.45, 2.75) is 18.7 Å². The third-order valence-electron chi connectivity index (χ3n) is 4.18. The number of anilines is 2. The zero-order valence-electron chi connectivity index (χ0n) is 16.5. The number of para-hydroxylation sites is 2. The Hall–Kier alpha value is -3.65. The molecule has 0 bridgehead atoms. The molecule has 3 rings (SSSR count). The molecule has 0 spiro atoms. The molecule has 1 amide bonds. The molecule has 8 heteroatoms. The van der Waals surface area contributed by atoms with Crippen molar-refractivity contribution in [1.29, 1.82) is 0 Å². The summed E-state index contributed by atoms with van der Waals surface area (Å²) < 4.78 is 28.0. The molecule has 0 fully saturated rings. The first-order chi connectivity index (χ1) is 14.3. The number of hydrogen-bond donors (Lipinski definition) is 2. The van der Waals surface area contributed by atoms with Crippen LogP contribution in [0.15, 0.2) is 88.9 Å². The second kappa shape index (κ2) is 9.23. The summed E-state index contributed by atoms with van der Waals surface area (Å²) in [6, 6.07) is 22.1. The molecular weight excluding hydrogens is 402 g/mol. The van der Waals surface area contributed by atoms with Gasteiger partial charge in [0.15, 0.2) is 0 Å². The van der Waals surface area contributed by atoms with Crippen molar-refractivity contribution < 1.29 is 18.0 Å². The van der Waals surface area contributed by atoms with E-state index in [0.717, 1.165) is 5.56 Å². The van der Waals surface area contributed by atoms with E-state index in [1.54, 1.807) is 67.6 Å². The van der Waals surface area contributed by atoms with Gasteiger partial charge < -0.3 is 0 Å². The second-order valence-corrected chi connectivity index (χ2v) is 8.19. The number of rotatable bonds is 6. The van der Waals surface area contributed by atoms with Gasteiger partial charge in [-0.05, 0) is 44.2 Å². The van der Waals surface area contributed by atoms with Crippen LogP contribution in [0, 0.1) is 6.92 Å². The van der Waals surface area contributed by atoms with E-state index in [-0.39, 0.29) is 4.90 Å². The lowest BCUT2D eigenvalue weighted by molar-refractivity contribution is 0.166. The van der Waals surface area contributed by atoms with Gasteiger partial charge >= 0.3 is 6.09 Å². The molecule has 0 heterocycles. The largest absolute Gasteiger partial charge is 0.437 e. The number of benzene rings is 3. The van der Waals surface area contributed by atoms with Crippen LogP contribution in [-0.2, 0) is 14.9 Å². The molecular formula is C22H21N3O4S. The number of carbonyl (C=O) groups is 1. The predicted octanol–water partition coefficient (Wildman–Crippen LogP) is 4.77. The normalized spacial score (nSPS) is 11.6. The zero-order chi connectivity index (χ0) is 21.6. The number of nitrogens with one attached hydrogen (secondary N) is 2. The summed E-state index contributed by atoms with van der Waals surface area (Å²) in [5, 5.41) is 6.38. The van der Waals surface area contributed by atoms with Gasteiger partial charge in [0.25, 0.3) is 10.0 Å². The molecule has 0 aromatic heterocycles. The van der Waals surface area contributed by atoms with Crippen LogP contribution in [-0.4, -0.2) is 20.2 Å². The van der Waals surface area contributed by atoms with Crippen LogP contribution in [0.2, 0.25) is 0 Å². The molecule has 7 nitrogen and oxygen atoms in total. The summed E-state index contributed by atoms with van der Waals surface area (Å²) >= 11 is 0. The minimum atomic E-state index is -3.78. The molecule has 2 N–H and O–H groups in total. The fraction of sp³-hybridized carbons (Fsp3) is 0.0909. The summed E-state index contributed by atoms with van der Waals surface area (Å²) in [4.78, 5) is 17.0. The molecule has 3 aromatic carbocycles. The van der Waals surface area contributed by atoms with E-state index in [1.807, 2.05) is 13.0 Å². The highest BCUT2D eigenvalue weighted by atomic mass is 32.2. The first-order valence-electron chi connectivity index (χ1n) is 9.12. The van der Waals surface area contributed by atoms with Gasteiger partial charge in [0.2, 0.25) is 0 Å². The highest BCUT2D eigenvalue weighted by molar-refractivity contribution is 7.92. The van der Waals surface area contributed by atoms with E-state index in [4.69, 9.17) is 4.84 Å². The monoisotopic (exact) mass is 423 g/mol. The van der Waals surface area contributed by atoms with Crippen molar-refractivity contribution in [2.24, 2.45) is 5.16 Å². The quantitative estimate of drug-likeness (QED) is 0.339. The van der Waals surface area contributed by atoms with Crippen molar-refractivity contribution in [3.05, 3.63) is 90.0 Å². The van der Waals surface area contributed by atoms with Crippen LogP contribution in [0.4, 0.5) is 16.2 Å². The fourth-order valence-corrected chi connectivity index (χ4v) is 3.71. The molecule has 0 aliphatic rings. The Balaban J connectivity index is 1.76. The first kappa shape index (κ1) is 21.1. The first-order valence-corrected chi connectivity index (χ1v) is 10.6. The van der Waals surface area contributed by atoms with Gasteiger partial charge in [0, 0.05) is 11.3 Å². The van der Waals surface area contributed by atoms with Crippen LogP contribution < -0.4 is 10.0 Å². The fourth-order valence-electron chi connectivity index (χ4n) is 2.63. The van der Waals surface area contributed by atoms with Crippen molar-refractivity contribution in [3.8, 4) is 0 Å². The molecule has 30 heavy (non-hydrogen) atoms. The predicted molar refractivity (Wildman–Crippen MR) is 117 cm³/mol. The third-order valence-corrected chi connectivity index (χ3v) is 5.56. The Labute approximate surface area is 175 Å². The molecule has 3 aromatic rings. The molecule has 154 valence electrons. The molecule has 0 atom stereocenters. The van der Waals surface area contributed by atoms with Gasteiger partial charge in [0.05, 0.1) is 16.3 Å². The standard InChI is InChI=1S/C22H21N3O4S/c1-16-12-14-19(15-13-16)30(27,28)25-21-11-7-6-10-20(21)17(2)24-29-22(26)23-18-8-4-3-5-9-18/h3-15,25H,1-2H3,(H,23,26)/b24-17+. The molecule has 0 radical (unpaired) electrons. The molecule has 0 unspecified atom stereocenters. The molecule has 0 saturated heterocycles. The molecule has 0 aliphatic carbocycles. The third kappa shape index (κ3) is 5.45. The Morgan fingerprint density at radius 2 is 1.53 bits per heavy atom. The van der Waals surface area contributed by atoms with Gasteiger partial charge in [-0.2, -0.15) is 0 Å².